The summed E-state index contributed by atoms with van der Waals surface area (Å²) in [5.74, 6) is -0.0283. The Bertz CT molecular complexity index is 445. The predicted molar refractivity (Wildman–Crippen MR) is 75.5 cm³/mol. The third-order valence-corrected chi connectivity index (χ3v) is 3.29. The molecule has 1 atom stereocenters. The van der Waals surface area contributed by atoms with Crippen LogP contribution in [0.25, 0.3) is 0 Å². The number of isothiocyanates is 1. The topological polar surface area (TPSA) is 74.5 Å². The van der Waals surface area contributed by atoms with E-state index in [9.17, 15) is 4.79 Å². The number of rotatable bonds is 5. The Morgan fingerprint density at radius 1 is 1.47 bits per heavy atom. The molecule has 0 aromatic heterocycles. The van der Waals surface area contributed by atoms with Crippen LogP contribution in [0.5, 0.6) is 0 Å². The van der Waals surface area contributed by atoms with E-state index in [0.29, 0.717) is 12.3 Å². The molecule has 0 radical (unpaired) electrons. The van der Waals surface area contributed by atoms with Gasteiger partial charge in [-0.3, -0.25) is 4.79 Å². The minimum absolute atomic E-state index is 0.0140. The third kappa shape index (κ3) is 4.35. The molecule has 1 aliphatic carbocycles. The summed E-state index contributed by atoms with van der Waals surface area (Å²) in [6, 6.07) is 0.0140. The molecule has 2 aliphatic rings. The highest BCUT2D eigenvalue weighted by Crippen LogP contribution is 2.30. The number of nitrogens with zero attached hydrogens (tertiary/aromatic N) is 1. The molecule has 1 heterocycles. The average Bonchev–Trinajstić information content (AvgIpc) is 3.23. The van der Waals surface area contributed by atoms with Crippen LogP contribution in [0.1, 0.15) is 25.7 Å². The number of nitrogens with one attached hydrogen (secondary N) is 2. The maximum atomic E-state index is 12.1. The SMILES string of the molecule is N=C(/C=C(/N=C=S)C(=O)NC1CCCOC1)C1CC1. The van der Waals surface area contributed by atoms with Crippen LogP contribution in [0.15, 0.2) is 16.8 Å². The molecular weight excluding hydrogens is 262 g/mol. The van der Waals surface area contributed by atoms with E-state index in [1.807, 2.05) is 0 Å². The molecule has 1 saturated carbocycles. The second-order valence-corrected chi connectivity index (χ2v) is 5.03. The van der Waals surface area contributed by atoms with Crippen LogP contribution in [-0.2, 0) is 9.53 Å². The van der Waals surface area contributed by atoms with Gasteiger partial charge in [-0.15, -0.1) is 0 Å². The Morgan fingerprint density at radius 3 is 2.84 bits per heavy atom. The number of carbonyl (C=O) groups excluding carboxylic acids is 1. The maximum Gasteiger partial charge on any atom is 0.271 e. The van der Waals surface area contributed by atoms with Gasteiger partial charge in [-0.05, 0) is 44.0 Å². The second-order valence-electron chi connectivity index (χ2n) is 4.85. The quantitative estimate of drug-likeness (QED) is 0.457. The highest BCUT2D eigenvalue weighted by Gasteiger charge is 2.26. The summed E-state index contributed by atoms with van der Waals surface area (Å²) >= 11 is 4.55. The van der Waals surface area contributed by atoms with Crippen LogP contribution in [0.3, 0.4) is 0 Å². The van der Waals surface area contributed by atoms with Gasteiger partial charge >= 0.3 is 0 Å². The van der Waals surface area contributed by atoms with Crippen LogP contribution in [-0.4, -0.2) is 36.0 Å². The molecule has 19 heavy (non-hydrogen) atoms. The van der Waals surface area contributed by atoms with Crippen molar-refractivity contribution in [3.05, 3.63) is 11.8 Å². The van der Waals surface area contributed by atoms with Crippen molar-refractivity contribution in [1.29, 1.82) is 5.41 Å². The van der Waals surface area contributed by atoms with Gasteiger partial charge in [0.2, 0.25) is 0 Å². The fraction of sp³-hybridized carbons (Fsp3) is 0.615. The fourth-order valence-electron chi connectivity index (χ4n) is 1.97. The predicted octanol–water partition coefficient (Wildman–Crippen LogP) is 1.70. The Labute approximate surface area is 117 Å². The van der Waals surface area contributed by atoms with Crippen LogP contribution >= 0.6 is 12.2 Å². The zero-order chi connectivity index (χ0) is 13.7. The van der Waals surface area contributed by atoms with E-state index in [1.165, 1.54) is 6.08 Å². The van der Waals surface area contributed by atoms with Gasteiger partial charge in [-0.25, -0.2) is 0 Å². The normalized spacial score (nSPS) is 23.4. The number of amides is 1. The van der Waals surface area contributed by atoms with Crippen LogP contribution < -0.4 is 5.32 Å². The zero-order valence-corrected chi connectivity index (χ0v) is 11.5. The number of thiocarbonyl (C=S) groups is 1. The molecule has 5 nitrogen and oxygen atoms in total. The molecule has 102 valence electrons. The standard InChI is InChI=1S/C13H17N3O2S/c14-11(9-3-4-9)6-12(15-8-19)13(17)16-10-2-1-5-18-7-10/h6,9-10,14H,1-5,7H2,(H,16,17)/b12-6+,14-11?. The Morgan fingerprint density at radius 2 is 2.26 bits per heavy atom. The number of ether oxygens (including phenoxy) is 1. The molecule has 6 heteroatoms. The molecule has 0 aromatic carbocycles. The van der Waals surface area contributed by atoms with Crippen molar-refractivity contribution in [2.24, 2.45) is 10.9 Å². The van der Waals surface area contributed by atoms with Crippen molar-refractivity contribution in [3.63, 3.8) is 0 Å². The van der Waals surface area contributed by atoms with E-state index in [1.54, 1.807) is 0 Å². The Kier molecular flexibility index (Phi) is 4.96. The Balaban J connectivity index is 1.98. The smallest absolute Gasteiger partial charge is 0.271 e. The van der Waals surface area contributed by atoms with Gasteiger partial charge in [0.15, 0.2) is 0 Å². The zero-order valence-electron chi connectivity index (χ0n) is 10.6. The first-order valence-corrected chi connectivity index (χ1v) is 6.88. The third-order valence-electron chi connectivity index (χ3n) is 3.20. The molecule has 1 amide bonds. The maximum absolute atomic E-state index is 12.1. The monoisotopic (exact) mass is 279 g/mol. The van der Waals surface area contributed by atoms with Gasteiger partial charge < -0.3 is 15.5 Å². The first-order valence-electron chi connectivity index (χ1n) is 6.47. The van der Waals surface area contributed by atoms with Crippen LogP contribution in [0, 0.1) is 11.3 Å². The fourth-order valence-corrected chi connectivity index (χ4v) is 2.07. The van der Waals surface area contributed by atoms with Gasteiger partial charge in [0.05, 0.1) is 17.8 Å². The summed E-state index contributed by atoms with van der Waals surface area (Å²) in [6.07, 6.45) is 5.37. The van der Waals surface area contributed by atoms with Crippen molar-refractivity contribution in [1.82, 2.24) is 5.32 Å². The van der Waals surface area contributed by atoms with Crippen molar-refractivity contribution in [2.45, 2.75) is 31.7 Å². The summed E-state index contributed by atoms with van der Waals surface area (Å²) in [4.78, 5) is 15.8. The highest BCUT2D eigenvalue weighted by atomic mass is 32.1. The molecule has 2 N–H and O–H groups in total. The van der Waals surface area contributed by atoms with Crippen molar-refractivity contribution >= 4 is 29.0 Å². The lowest BCUT2D eigenvalue weighted by molar-refractivity contribution is -0.119. The van der Waals surface area contributed by atoms with E-state index >= 15 is 0 Å². The summed E-state index contributed by atoms with van der Waals surface area (Å²) < 4.78 is 5.31. The number of aliphatic imine (C=N–C) groups is 1. The summed E-state index contributed by atoms with van der Waals surface area (Å²) in [7, 11) is 0. The molecule has 2 fully saturated rings. The van der Waals surface area contributed by atoms with E-state index < -0.39 is 0 Å². The summed E-state index contributed by atoms with van der Waals surface area (Å²) in [5.41, 5.74) is 0.608. The Hall–Kier alpha value is -1.36. The van der Waals surface area contributed by atoms with Crippen molar-refractivity contribution in [3.8, 4) is 0 Å². The minimum atomic E-state index is -0.307. The number of carbonyl (C=O) groups is 1. The molecule has 1 unspecified atom stereocenters. The lowest BCUT2D eigenvalue weighted by Crippen LogP contribution is -2.41. The highest BCUT2D eigenvalue weighted by molar-refractivity contribution is 7.78. The number of allylic oxidation sites excluding steroid dienone is 1. The lowest BCUT2D eigenvalue weighted by atomic mass is 10.1. The minimum Gasteiger partial charge on any atom is -0.379 e. The van der Waals surface area contributed by atoms with E-state index in [-0.39, 0.29) is 23.6 Å². The first-order chi connectivity index (χ1) is 9.20. The number of hydrogen-bond acceptors (Lipinski definition) is 5. The van der Waals surface area contributed by atoms with Crippen LogP contribution in [0.2, 0.25) is 0 Å². The molecule has 0 bridgehead atoms. The van der Waals surface area contributed by atoms with E-state index in [0.717, 1.165) is 32.3 Å². The van der Waals surface area contributed by atoms with Gasteiger partial charge in [0, 0.05) is 18.2 Å². The van der Waals surface area contributed by atoms with Gasteiger partial charge in [0.25, 0.3) is 5.91 Å². The molecule has 1 aliphatic heterocycles. The molecular formula is C13H17N3O2S. The lowest BCUT2D eigenvalue weighted by Gasteiger charge is -2.22. The van der Waals surface area contributed by atoms with Gasteiger partial charge in [0.1, 0.15) is 5.70 Å². The molecule has 2 rings (SSSR count). The number of hydrogen-bond donors (Lipinski definition) is 2. The van der Waals surface area contributed by atoms with Crippen molar-refractivity contribution in [2.75, 3.05) is 13.2 Å². The van der Waals surface area contributed by atoms with Gasteiger partial charge in [-0.2, -0.15) is 4.99 Å². The molecule has 0 spiro atoms. The second kappa shape index (κ2) is 6.70. The molecule has 1 saturated heterocycles. The van der Waals surface area contributed by atoms with E-state index in [2.05, 4.69) is 27.7 Å². The average molecular weight is 279 g/mol. The van der Waals surface area contributed by atoms with E-state index in [4.69, 9.17) is 10.1 Å². The first kappa shape index (κ1) is 14.1. The summed E-state index contributed by atoms with van der Waals surface area (Å²) in [5, 5.41) is 12.9. The largest absolute Gasteiger partial charge is 0.379 e. The van der Waals surface area contributed by atoms with Crippen LogP contribution in [0.4, 0.5) is 0 Å². The van der Waals surface area contributed by atoms with Crippen molar-refractivity contribution < 1.29 is 9.53 Å². The summed E-state index contributed by atoms with van der Waals surface area (Å²) in [6.45, 7) is 1.28. The van der Waals surface area contributed by atoms with Gasteiger partial charge in [-0.1, -0.05) is 0 Å². The molecule has 0 aromatic rings.